The molecule has 2 aromatic rings. The van der Waals surface area contributed by atoms with Crippen molar-refractivity contribution < 1.29 is 4.79 Å². The van der Waals surface area contributed by atoms with E-state index >= 15 is 0 Å². The van der Waals surface area contributed by atoms with Crippen molar-refractivity contribution in [3.8, 4) is 0 Å². The number of amides is 1. The number of likely N-dealkylation sites (tertiary alicyclic amines) is 1. The second kappa shape index (κ2) is 8.60. The number of carbonyl (C=O) groups is 1. The lowest BCUT2D eigenvalue weighted by Crippen LogP contribution is -2.39. The standard InChI is InChI=1S/C25H31N3O2/c1-18-6-4-7-20(14-18)16-28-12-10-19(11-13-28)15-26(2)25(30)23-17-27(3)24(29)22-9-5-8-21(22)23/h4-8,14,17,19H,9-13,15-16H2,1-3H3. The summed E-state index contributed by atoms with van der Waals surface area (Å²) < 4.78 is 1.54. The molecule has 5 heteroatoms. The first kappa shape index (κ1) is 20.6. The van der Waals surface area contributed by atoms with Gasteiger partial charge >= 0.3 is 0 Å². The third-order valence-corrected chi connectivity index (χ3v) is 6.43. The van der Waals surface area contributed by atoms with Gasteiger partial charge in [-0.2, -0.15) is 0 Å². The van der Waals surface area contributed by atoms with Crippen LogP contribution >= 0.6 is 0 Å². The minimum Gasteiger partial charge on any atom is -0.341 e. The Bertz CT molecular complexity index is 1030. The molecule has 2 aliphatic rings. The number of carbonyl (C=O) groups excluding carboxylic acids is 1. The predicted molar refractivity (Wildman–Crippen MR) is 121 cm³/mol. The largest absolute Gasteiger partial charge is 0.341 e. The third-order valence-electron chi connectivity index (χ3n) is 6.43. The fourth-order valence-electron chi connectivity index (χ4n) is 4.74. The summed E-state index contributed by atoms with van der Waals surface area (Å²) in [6.07, 6.45) is 8.41. The summed E-state index contributed by atoms with van der Waals surface area (Å²) in [6, 6.07) is 8.73. The Hall–Kier alpha value is -2.66. The van der Waals surface area contributed by atoms with Crippen LogP contribution in [0.5, 0.6) is 0 Å². The Labute approximate surface area is 178 Å². The van der Waals surface area contributed by atoms with Gasteiger partial charge in [0.2, 0.25) is 0 Å². The molecule has 0 bridgehead atoms. The average molecular weight is 406 g/mol. The van der Waals surface area contributed by atoms with Gasteiger partial charge in [0, 0.05) is 38.9 Å². The first-order chi connectivity index (χ1) is 14.4. The van der Waals surface area contributed by atoms with E-state index in [0.29, 0.717) is 17.9 Å². The van der Waals surface area contributed by atoms with Gasteiger partial charge in [0.05, 0.1) is 5.56 Å². The molecule has 1 aliphatic heterocycles. The van der Waals surface area contributed by atoms with Crippen molar-refractivity contribution in [1.29, 1.82) is 0 Å². The highest BCUT2D eigenvalue weighted by Crippen LogP contribution is 2.24. The van der Waals surface area contributed by atoms with E-state index < -0.39 is 0 Å². The molecule has 0 N–H and O–H groups in total. The molecule has 1 aromatic carbocycles. The van der Waals surface area contributed by atoms with E-state index in [1.165, 1.54) is 15.7 Å². The lowest BCUT2D eigenvalue weighted by molar-refractivity contribution is 0.0736. The molecule has 5 nitrogen and oxygen atoms in total. The Morgan fingerprint density at radius 2 is 2.00 bits per heavy atom. The molecule has 1 saturated heterocycles. The SMILES string of the molecule is Cc1cccc(CN2CCC(CN(C)C(=O)c3cn(C)c(=O)c4c3C=CC4)CC2)c1. The van der Waals surface area contributed by atoms with Crippen LogP contribution in [0.4, 0.5) is 0 Å². The number of nitrogens with zero attached hydrogens (tertiary/aromatic N) is 3. The first-order valence-corrected chi connectivity index (χ1v) is 10.8. The van der Waals surface area contributed by atoms with Gasteiger partial charge in [-0.05, 0) is 56.3 Å². The van der Waals surface area contributed by atoms with Gasteiger partial charge in [0.25, 0.3) is 11.5 Å². The highest BCUT2D eigenvalue weighted by molar-refractivity contribution is 5.98. The zero-order chi connectivity index (χ0) is 21.3. The molecule has 158 valence electrons. The molecule has 1 amide bonds. The normalized spacial score (nSPS) is 16.6. The second-order valence-electron chi connectivity index (χ2n) is 8.85. The fourth-order valence-corrected chi connectivity index (χ4v) is 4.74. The Balaban J connectivity index is 1.35. The monoisotopic (exact) mass is 405 g/mol. The number of pyridine rings is 1. The van der Waals surface area contributed by atoms with Gasteiger partial charge in [-0.1, -0.05) is 42.0 Å². The molecule has 0 saturated carbocycles. The zero-order valence-electron chi connectivity index (χ0n) is 18.2. The summed E-state index contributed by atoms with van der Waals surface area (Å²) >= 11 is 0. The molecule has 4 rings (SSSR count). The van der Waals surface area contributed by atoms with E-state index in [1.807, 2.05) is 24.1 Å². The minimum atomic E-state index is -0.00446. The summed E-state index contributed by atoms with van der Waals surface area (Å²) in [5.41, 5.74) is 4.86. The predicted octanol–water partition coefficient (Wildman–Crippen LogP) is 3.25. The van der Waals surface area contributed by atoms with E-state index in [4.69, 9.17) is 0 Å². The highest BCUT2D eigenvalue weighted by Gasteiger charge is 2.26. The number of hydrogen-bond acceptors (Lipinski definition) is 3. The maximum atomic E-state index is 13.1. The molecule has 1 fully saturated rings. The lowest BCUT2D eigenvalue weighted by atomic mass is 9.95. The van der Waals surface area contributed by atoms with Gasteiger partial charge in [-0.15, -0.1) is 0 Å². The van der Waals surface area contributed by atoms with Crippen LogP contribution in [0.3, 0.4) is 0 Å². The maximum absolute atomic E-state index is 13.1. The Morgan fingerprint density at radius 3 is 2.73 bits per heavy atom. The van der Waals surface area contributed by atoms with E-state index in [9.17, 15) is 9.59 Å². The highest BCUT2D eigenvalue weighted by atomic mass is 16.2. The summed E-state index contributed by atoms with van der Waals surface area (Å²) in [5, 5.41) is 0. The third kappa shape index (κ3) is 4.26. The van der Waals surface area contributed by atoms with Crippen molar-refractivity contribution in [2.45, 2.75) is 32.7 Å². The van der Waals surface area contributed by atoms with E-state index in [1.54, 1.807) is 13.2 Å². The number of rotatable bonds is 5. The molecule has 0 unspecified atom stereocenters. The second-order valence-corrected chi connectivity index (χ2v) is 8.85. The summed E-state index contributed by atoms with van der Waals surface area (Å²) in [6.45, 7) is 6.04. The zero-order valence-corrected chi connectivity index (χ0v) is 18.2. The van der Waals surface area contributed by atoms with Crippen LogP contribution in [-0.2, 0) is 20.0 Å². The quantitative estimate of drug-likeness (QED) is 0.767. The van der Waals surface area contributed by atoms with Gasteiger partial charge in [-0.3, -0.25) is 14.5 Å². The molecule has 0 spiro atoms. The van der Waals surface area contributed by atoms with Crippen LogP contribution in [-0.4, -0.2) is 47.0 Å². The van der Waals surface area contributed by atoms with E-state index in [0.717, 1.165) is 50.1 Å². The van der Waals surface area contributed by atoms with Crippen LogP contribution in [0.25, 0.3) is 6.08 Å². The Kier molecular flexibility index (Phi) is 5.91. The van der Waals surface area contributed by atoms with Crippen LogP contribution in [0.2, 0.25) is 0 Å². The van der Waals surface area contributed by atoms with Crippen molar-refractivity contribution in [3.05, 3.63) is 74.7 Å². The van der Waals surface area contributed by atoms with Gasteiger partial charge in [0.15, 0.2) is 0 Å². The molecular weight excluding hydrogens is 374 g/mol. The molecule has 1 aromatic heterocycles. The maximum Gasteiger partial charge on any atom is 0.255 e. The molecule has 2 heterocycles. The molecule has 1 aliphatic carbocycles. The number of benzene rings is 1. The van der Waals surface area contributed by atoms with Crippen LogP contribution in [0, 0.1) is 12.8 Å². The topological polar surface area (TPSA) is 45.5 Å². The van der Waals surface area contributed by atoms with Crippen molar-refractivity contribution in [3.63, 3.8) is 0 Å². The molecule has 0 atom stereocenters. The van der Waals surface area contributed by atoms with E-state index in [2.05, 4.69) is 36.1 Å². The summed E-state index contributed by atoms with van der Waals surface area (Å²) in [5.74, 6) is 0.527. The van der Waals surface area contributed by atoms with Gasteiger partial charge in [-0.25, -0.2) is 0 Å². The summed E-state index contributed by atoms with van der Waals surface area (Å²) in [4.78, 5) is 29.8. The number of allylic oxidation sites excluding steroid dienone is 1. The van der Waals surface area contributed by atoms with Crippen LogP contribution in [0.15, 0.2) is 41.3 Å². The number of hydrogen-bond donors (Lipinski definition) is 0. The fraction of sp³-hybridized carbons (Fsp3) is 0.440. The van der Waals surface area contributed by atoms with Crippen molar-refractivity contribution in [2.24, 2.45) is 13.0 Å². The number of fused-ring (bicyclic) bond motifs is 1. The minimum absolute atomic E-state index is 0.00446. The number of piperidine rings is 1. The van der Waals surface area contributed by atoms with Gasteiger partial charge < -0.3 is 9.47 Å². The van der Waals surface area contributed by atoms with Crippen LogP contribution in [0.1, 0.15) is 45.5 Å². The van der Waals surface area contributed by atoms with Crippen molar-refractivity contribution in [2.75, 3.05) is 26.7 Å². The smallest absolute Gasteiger partial charge is 0.255 e. The average Bonchev–Trinajstić information content (AvgIpc) is 3.22. The van der Waals surface area contributed by atoms with Crippen molar-refractivity contribution in [1.82, 2.24) is 14.4 Å². The van der Waals surface area contributed by atoms with Crippen LogP contribution < -0.4 is 5.56 Å². The molecular formula is C25H31N3O2. The lowest BCUT2D eigenvalue weighted by Gasteiger charge is -2.34. The van der Waals surface area contributed by atoms with Gasteiger partial charge in [0.1, 0.15) is 0 Å². The van der Waals surface area contributed by atoms with E-state index in [-0.39, 0.29) is 11.5 Å². The summed E-state index contributed by atoms with van der Waals surface area (Å²) in [7, 11) is 3.61. The Morgan fingerprint density at radius 1 is 1.23 bits per heavy atom. The van der Waals surface area contributed by atoms with Crippen molar-refractivity contribution >= 4 is 12.0 Å². The first-order valence-electron chi connectivity index (χ1n) is 10.8. The number of aryl methyl sites for hydroxylation is 2. The number of aromatic nitrogens is 1. The molecule has 0 radical (unpaired) electrons. The molecule has 30 heavy (non-hydrogen) atoms.